The van der Waals surface area contributed by atoms with E-state index in [0.717, 1.165) is 11.1 Å². The Labute approximate surface area is 191 Å². The maximum atomic E-state index is 14.9. The molecule has 2 N–H and O–H groups in total. The lowest BCUT2D eigenvalue weighted by Gasteiger charge is -2.42. The van der Waals surface area contributed by atoms with Gasteiger partial charge < -0.3 is 15.1 Å². The van der Waals surface area contributed by atoms with Gasteiger partial charge in [0, 0.05) is 10.6 Å². The average Bonchev–Trinajstić information content (AvgIpc) is 3.51. The number of rotatable bonds is 5. The molecule has 7 heteroatoms. The molecule has 4 rings (SSSR count). The third kappa shape index (κ3) is 4.04. The van der Waals surface area contributed by atoms with Crippen LogP contribution >= 0.6 is 11.6 Å². The first kappa shape index (κ1) is 23.1. The number of amides is 1. The molecular weight excluding hydrogens is 436 g/mol. The first-order valence-electron chi connectivity index (χ1n) is 10.9. The number of aliphatic hydroxyl groups is 2. The van der Waals surface area contributed by atoms with E-state index < -0.39 is 23.5 Å². The van der Waals surface area contributed by atoms with Crippen LogP contribution < -0.4 is 0 Å². The van der Waals surface area contributed by atoms with E-state index >= 15 is 0 Å². The third-order valence-electron chi connectivity index (χ3n) is 7.00. The van der Waals surface area contributed by atoms with Gasteiger partial charge in [-0.2, -0.15) is 0 Å². The number of nitrogens with zero attached hydrogens (tertiary/aromatic N) is 1. The zero-order valence-electron chi connectivity index (χ0n) is 18.4. The molecule has 4 nitrogen and oxygen atoms in total. The van der Waals surface area contributed by atoms with E-state index in [1.807, 2.05) is 6.92 Å². The zero-order chi connectivity index (χ0) is 23.4. The van der Waals surface area contributed by atoms with Gasteiger partial charge in [0.2, 0.25) is 5.91 Å². The van der Waals surface area contributed by atoms with Crippen LogP contribution in [0.2, 0.25) is 5.02 Å². The van der Waals surface area contributed by atoms with E-state index in [1.54, 1.807) is 24.8 Å². The third-order valence-corrected chi connectivity index (χ3v) is 7.35. The summed E-state index contributed by atoms with van der Waals surface area (Å²) in [7, 11) is 0. The molecule has 172 valence electrons. The molecule has 1 unspecified atom stereocenters. The van der Waals surface area contributed by atoms with E-state index in [9.17, 15) is 23.8 Å². The maximum absolute atomic E-state index is 14.9. The highest BCUT2D eigenvalue weighted by molar-refractivity contribution is 6.31. The molecule has 1 saturated carbocycles. The van der Waals surface area contributed by atoms with Crippen LogP contribution in [-0.2, 0) is 17.6 Å². The van der Waals surface area contributed by atoms with Gasteiger partial charge in [-0.15, -0.1) is 0 Å². The van der Waals surface area contributed by atoms with Crippen LogP contribution in [0.25, 0.3) is 0 Å². The minimum atomic E-state index is -0.905. The average molecular weight is 464 g/mol. The Morgan fingerprint density at radius 2 is 1.94 bits per heavy atom. The number of carbonyl (C=O) groups excluding carboxylic acids is 1. The van der Waals surface area contributed by atoms with Crippen molar-refractivity contribution in [3.05, 3.63) is 69.2 Å². The Kier molecular flexibility index (Phi) is 6.07. The lowest BCUT2D eigenvalue weighted by Crippen LogP contribution is -2.49. The summed E-state index contributed by atoms with van der Waals surface area (Å²) in [4.78, 5) is 14.8. The molecule has 2 aliphatic rings. The summed E-state index contributed by atoms with van der Waals surface area (Å²) < 4.78 is 29.2. The maximum Gasteiger partial charge on any atom is 0.228 e. The normalized spacial score (nSPS) is 24.9. The predicted molar refractivity (Wildman–Crippen MR) is 118 cm³/mol. The zero-order valence-corrected chi connectivity index (χ0v) is 19.2. The van der Waals surface area contributed by atoms with Crippen molar-refractivity contribution in [3.8, 4) is 0 Å². The van der Waals surface area contributed by atoms with E-state index in [2.05, 4.69) is 0 Å². The summed E-state index contributed by atoms with van der Waals surface area (Å²) >= 11 is 6.11. The Morgan fingerprint density at radius 3 is 2.53 bits per heavy atom. The largest absolute Gasteiger partial charge is 0.394 e. The first-order valence-corrected chi connectivity index (χ1v) is 11.3. The number of hydrogen-bond acceptors (Lipinski definition) is 3. The van der Waals surface area contributed by atoms with Crippen molar-refractivity contribution in [2.24, 2.45) is 5.92 Å². The van der Waals surface area contributed by atoms with Gasteiger partial charge in [0.25, 0.3) is 0 Å². The van der Waals surface area contributed by atoms with Crippen molar-refractivity contribution in [2.45, 2.75) is 63.6 Å². The first-order chi connectivity index (χ1) is 15.0. The molecule has 1 aliphatic heterocycles. The van der Waals surface area contributed by atoms with Crippen molar-refractivity contribution in [3.63, 3.8) is 0 Å². The van der Waals surface area contributed by atoms with Gasteiger partial charge in [-0.1, -0.05) is 23.7 Å². The second-order valence-corrected chi connectivity index (χ2v) is 9.93. The molecule has 0 aromatic heterocycles. The van der Waals surface area contributed by atoms with Gasteiger partial charge in [0.1, 0.15) is 11.6 Å². The molecule has 0 bridgehead atoms. The molecule has 2 aromatic carbocycles. The van der Waals surface area contributed by atoms with Crippen LogP contribution in [0, 0.1) is 17.6 Å². The van der Waals surface area contributed by atoms with Crippen LogP contribution in [0.3, 0.4) is 0 Å². The lowest BCUT2D eigenvalue weighted by atomic mass is 9.83. The Balaban J connectivity index is 1.68. The Bertz CT molecular complexity index is 1030. The molecule has 1 heterocycles. The molecule has 1 fully saturated rings. The van der Waals surface area contributed by atoms with Crippen LogP contribution in [0.15, 0.2) is 30.3 Å². The topological polar surface area (TPSA) is 60.8 Å². The minimum absolute atomic E-state index is 0.0331. The van der Waals surface area contributed by atoms with Gasteiger partial charge in [-0.05, 0) is 80.3 Å². The molecule has 2 aromatic rings. The van der Waals surface area contributed by atoms with Crippen LogP contribution in [0.1, 0.15) is 61.4 Å². The monoisotopic (exact) mass is 463 g/mol. The summed E-state index contributed by atoms with van der Waals surface area (Å²) in [6, 6.07) is 6.40. The summed E-state index contributed by atoms with van der Waals surface area (Å²) in [5.74, 6) is -1.33. The standard InChI is InChI=1S/C25H28ClF2NO3/c1-13-15-7-8-22(28)24(17-10-19(17)25(2,3)32)16(15)9-14(12-30)29(13)23(31)11-18-20(26)5-4-6-21(18)27/h4-8,13-14,17,19,30,32H,9-12H2,1-3H3/t13?,14-,17-,19-/m1/s1. The second-order valence-electron chi connectivity index (χ2n) is 9.53. The van der Waals surface area contributed by atoms with Gasteiger partial charge in [-0.25, -0.2) is 8.78 Å². The van der Waals surface area contributed by atoms with Gasteiger partial charge in [0.05, 0.1) is 30.7 Å². The molecule has 32 heavy (non-hydrogen) atoms. The van der Waals surface area contributed by atoms with Crippen molar-refractivity contribution in [2.75, 3.05) is 6.61 Å². The molecule has 0 spiro atoms. The highest BCUT2D eigenvalue weighted by Gasteiger charge is 2.50. The minimum Gasteiger partial charge on any atom is -0.394 e. The number of benzene rings is 2. The molecule has 1 amide bonds. The quantitative estimate of drug-likeness (QED) is 0.684. The van der Waals surface area contributed by atoms with Crippen molar-refractivity contribution in [1.82, 2.24) is 4.90 Å². The molecule has 4 atom stereocenters. The fraction of sp³-hybridized carbons (Fsp3) is 0.480. The van der Waals surface area contributed by atoms with E-state index in [0.29, 0.717) is 18.4 Å². The Morgan fingerprint density at radius 1 is 1.22 bits per heavy atom. The number of aliphatic hydroxyl groups excluding tert-OH is 1. The highest BCUT2D eigenvalue weighted by Crippen LogP contribution is 2.56. The van der Waals surface area contributed by atoms with Crippen molar-refractivity contribution >= 4 is 17.5 Å². The number of fused-ring (bicyclic) bond motifs is 1. The number of halogens is 3. The van der Waals surface area contributed by atoms with Crippen LogP contribution in [0.4, 0.5) is 8.78 Å². The summed E-state index contributed by atoms with van der Waals surface area (Å²) in [6.45, 7) is 5.01. The lowest BCUT2D eigenvalue weighted by molar-refractivity contribution is -0.137. The summed E-state index contributed by atoms with van der Waals surface area (Å²) in [5.41, 5.74) is 1.43. The fourth-order valence-electron chi connectivity index (χ4n) is 5.28. The fourth-order valence-corrected chi connectivity index (χ4v) is 5.51. The van der Waals surface area contributed by atoms with Gasteiger partial charge in [-0.3, -0.25) is 4.79 Å². The van der Waals surface area contributed by atoms with Gasteiger partial charge >= 0.3 is 0 Å². The molecule has 0 radical (unpaired) electrons. The van der Waals surface area contributed by atoms with Gasteiger partial charge in [0.15, 0.2) is 0 Å². The Hall–Kier alpha value is -2.02. The molecule has 1 aliphatic carbocycles. The van der Waals surface area contributed by atoms with Crippen molar-refractivity contribution < 1.29 is 23.8 Å². The predicted octanol–water partition coefficient (Wildman–Crippen LogP) is 4.54. The molecular formula is C25H28ClF2NO3. The smallest absolute Gasteiger partial charge is 0.228 e. The van der Waals surface area contributed by atoms with Crippen molar-refractivity contribution in [1.29, 1.82) is 0 Å². The van der Waals surface area contributed by atoms with Crippen LogP contribution in [-0.4, -0.2) is 39.3 Å². The number of carbonyl (C=O) groups is 1. The summed E-state index contributed by atoms with van der Waals surface area (Å²) in [5, 5.41) is 20.7. The number of hydrogen-bond donors (Lipinski definition) is 2. The van der Waals surface area contributed by atoms with E-state index in [-0.39, 0.29) is 47.2 Å². The van der Waals surface area contributed by atoms with E-state index in [1.165, 1.54) is 24.3 Å². The second kappa shape index (κ2) is 8.40. The van der Waals surface area contributed by atoms with Crippen LogP contribution in [0.5, 0.6) is 0 Å². The highest BCUT2D eigenvalue weighted by atomic mass is 35.5. The van der Waals surface area contributed by atoms with E-state index in [4.69, 9.17) is 11.6 Å². The molecule has 0 saturated heterocycles. The summed E-state index contributed by atoms with van der Waals surface area (Å²) in [6.07, 6.45) is 0.775. The SMILES string of the molecule is CC1c2ccc(F)c([C@@H]3C[C@H]3C(C)(C)O)c2C[C@H](CO)N1C(=O)Cc1c(F)cccc1Cl.